The van der Waals surface area contributed by atoms with Crippen molar-refractivity contribution in [1.82, 2.24) is 50.1 Å². The summed E-state index contributed by atoms with van der Waals surface area (Å²) in [5.41, 5.74) is 9.42. The first-order chi connectivity index (χ1) is 29.4. The molecule has 2 aliphatic carbocycles. The molecule has 6 heterocycles. The fourth-order valence-electron chi connectivity index (χ4n) is 10.2. The molecule has 4 aromatic carbocycles. The van der Waals surface area contributed by atoms with Crippen LogP contribution in [0.1, 0.15) is 42.5 Å². The monoisotopic (exact) mass is 812 g/mol. The number of phenols is 2. The summed E-state index contributed by atoms with van der Waals surface area (Å²) in [4.78, 5) is 24.8. The van der Waals surface area contributed by atoms with Gasteiger partial charge < -0.3 is 30.6 Å². The molecule has 14 heteroatoms. The average Bonchev–Trinajstić information content (AvgIpc) is 4.10. The van der Waals surface area contributed by atoms with Gasteiger partial charge in [0.05, 0.1) is 33.2 Å². The van der Waals surface area contributed by atoms with Gasteiger partial charge in [-0.1, -0.05) is 0 Å². The summed E-state index contributed by atoms with van der Waals surface area (Å²) in [7, 11) is 3.77. The molecule has 2 atom stereocenters. The van der Waals surface area contributed by atoms with E-state index < -0.39 is 0 Å². The van der Waals surface area contributed by atoms with Gasteiger partial charge in [0.2, 0.25) is 0 Å². The highest BCUT2D eigenvalue weighted by atomic mass is 16.3. The Morgan fingerprint density at radius 1 is 0.623 bits per heavy atom. The molecule has 8 aromatic rings. The molecule has 2 saturated heterocycles. The highest BCUT2D eigenvalue weighted by Gasteiger charge is 2.54. The van der Waals surface area contributed by atoms with E-state index in [1.54, 1.807) is 9.36 Å². The van der Waals surface area contributed by atoms with Gasteiger partial charge in [-0.25, -0.2) is 19.9 Å². The van der Waals surface area contributed by atoms with Crippen LogP contribution in [0.3, 0.4) is 0 Å². The SMILES string of the molecule is Cc1nc(-c2cc3cn(C)nc3c(C)c2O)nc2ccc(N3CC(C4CN(c5ccc6nc(-c7cc8cn(C)nc8c(C)c7O)ncc6c5)CC5(CC5)N4)NC4(CC4)C3)cc12. The normalized spacial score (nSPS) is 20.5. The van der Waals surface area contributed by atoms with E-state index in [2.05, 4.69) is 67.0 Å². The number of nitrogens with one attached hydrogen (secondary N) is 2. The van der Waals surface area contributed by atoms with Gasteiger partial charge in [-0.2, -0.15) is 10.2 Å². The lowest BCUT2D eigenvalue weighted by Crippen LogP contribution is -2.70. The maximum Gasteiger partial charge on any atom is 0.163 e. The van der Waals surface area contributed by atoms with Crippen LogP contribution < -0.4 is 20.4 Å². The number of hydrogen-bond acceptors (Lipinski definition) is 12. The minimum Gasteiger partial charge on any atom is -0.507 e. The molecule has 12 rings (SSSR count). The third kappa shape index (κ3) is 5.98. The van der Waals surface area contributed by atoms with Crippen molar-refractivity contribution in [1.29, 1.82) is 0 Å². The van der Waals surface area contributed by atoms with Gasteiger partial charge in [-0.05, 0) is 95.0 Å². The Labute approximate surface area is 352 Å². The number of rotatable bonds is 5. The summed E-state index contributed by atoms with van der Waals surface area (Å²) >= 11 is 0. The Bertz CT molecular complexity index is 3150. The van der Waals surface area contributed by atoms with E-state index in [4.69, 9.17) is 19.9 Å². The molecule has 14 nitrogen and oxygen atoms in total. The van der Waals surface area contributed by atoms with Crippen molar-refractivity contribution < 1.29 is 10.2 Å². The maximum atomic E-state index is 11.2. The fourth-order valence-corrected chi connectivity index (χ4v) is 10.2. The van der Waals surface area contributed by atoms with Crippen molar-refractivity contribution in [2.45, 2.75) is 69.6 Å². The van der Waals surface area contributed by atoms with Crippen molar-refractivity contribution in [3.05, 3.63) is 83.9 Å². The van der Waals surface area contributed by atoms with Gasteiger partial charge in [-0.15, -0.1) is 0 Å². The lowest BCUT2D eigenvalue weighted by Gasteiger charge is -2.49. The largest absolute Gasteiger partial charge is 0.507 e. The summed E-state index contributed by atoms with van der Waals surface area (Å²) in [6.45, 7) is 9.51. The lowest BCUT2D eigenvalue weighted by atomic mass is 9.95. The third-order valence-corrected chi connectivity index (χ3v) is 13.9. The second-order valence-corrected chi connectivity index (χ2v) is 18.4. The summed E-state index contributed by atoms with van der Waals surface area (Å²) in [5, 5.41) is 43.6. The molecule has 61 heavy (non-hydrogen) atoms. The van der Waals surface area contributed by atoms with Crippen molar-refractivity contribution in [2.24, 2.45) is 14.1 Å². The van der Waals surface area contributed by atoms with Crippen LogP contribution in [0, 0.1) is 20.8 Å². The molecule has 0 amide bonds. The molecule has 2 spiro atoms. The number of aromatic nitrogens is 8. The van der Waals surface area contributed by atoms with Crippen LogP contribution in [-0.2, 0) is 14.1 Å². The molecule has 2 aliphatic heterocycles. The number of nitrogens with zero attached hydrogens (tertiary/aromatic N) is 10. The molecular weight excluding hydrogens is 765 g/mol. The minimum absolute atomic E-state index is 0.112. The van der Waals surface area contributed by atoms with E-state index in [0.717, 1.165) is 86.6 Å². The lowest BCUT2D eigenvalue weighted by molar-refractivity contribution is 0.246. The fraction of sp³-hybridized carbons (Fsp3) is 0.362. The predicted octanol–water partition coefficient (Wildman–Crippen LogP) is 6.34. The van der Waals surface area contributed by atoms with Gasteiger partial charge in [0, 0.05) is 132 Å². The summed E-state index contributed by atoms with van der Waals surface area (Å²) in [5.74, 6) is 1.35. The number of fused-ring (bicyclic) bond motifs is 4. The standard InChI is InChI=1S/C47H48N12O2/c1-25-40-29(19-56(4)54-40)15-34(42(25)60)44-48-18-28-14-31(6-8-36(28)50-44)58-21-38(52-46(23-58)10-11-46)39-22-59(24-47(53-39)12-13-47)32-7-9-37-33(17-32)27(3)49-45(51-37)35-16-30-20-57(5)55-41(30)26(2)43(35)61/h6-9,14-20,38-39,52-53,60-61H,10-13,21-24H2,1-5H3. The van der Waals surface area contributed by atoms with E-state index in [1.165, 1.54) is 37.1 Å². The van der Waals surface area contributed by atoms with E-state index in [1.807, 2.05) is 65.6 Å². The number of anilines is 2. The van der Waals surface area contributed by atoms with Crippen LogP contribution in [0.15, 0.2) is 67.1 Å². The zero-order valence-corrected chi connectivity index (χ0v) is 35.0. The summed E-state index contributed by atoms with van der Waals surface area (Å²) in [6, 6.07) is 17.4. The first kappa shape index (κ1) is 36.5. The molecule has 4 aliphatic rings. The zero-order chi connectivity index (χ0) is 41.5. The Hall–Kier alpha value is -6.38. The first-order valence-corrected chi connectivity index (χ1v) is 21.3. The number of piperazine rings is 2. The van der Waals surface area contributed by atoms with E-state index in [-0.39, 0.29) is 34.7 Å². The quantitative estimate of drug-likeness (QED) is 0.153. The molecule has 4 aromatic heterocycles. The van der Waals surface area contributed by atoms with Crippen LogP contribution in [-0.4, -0.2) is 99.1 Å². The summed E-state index contributed by atoms with van der Waals surface area (Å²) in [6.07, 6.45) is 10.5. The molecule has 4 fully saturated rings. The smallest absolute Gasteiger partial charge is 0.163 e. The highest BCUT2D eigenvalue weighted by molar-refractivity contribution is 5.93. The number of phenolic OH excluding ortho intramolecular Hbond substituents is 2. The van der Waals surface area contributed by atoms with Gasteiger partial charge >= 0.3 is 0 Å². The van der Waals surface area contributed by atoms with E-state index >= 15 is 0 Å². The maximum absolute atomic E-state index is 11.2. The number of aromatic hydroxyl groups is 2. The second kappa shape index (κ2) is 12.8. The van der Waals surface area contributed by atoms with E-state index in [9.17, 15) is 10.2 Å². The van der Waals surface area contributed by atoms with Crippen LogP contribution in [0.2, 0.25) is 0 Å². The van der Waals surface area contributed by atoms with Gasteiger partial charge in [0.25, 0.3) is 0 Å². The minimum atomic E-state index is 0.112. The molecule has 2 unspecified atom stereocenters. The van der Waals surface area contributed by atoms with Crippen molar-refractivity contribution in [3.8, 4) is 34.3 Å². The number of hydrogen-bond donors (Lipinski definition) is 4. The Balaban J connectivity index is 0.814. The van der Waals surface area contributed by atoms with Crippen LogP contribution in [0.5, 0.6) is 11.5 Å². The van der Waals surface area contributed by atoms with Gasteiger partial charge in [0.15, 0.2) is 11.6 Å². The van der Waals surface area contributed by atoms with Crippen LogP contribution in [0.4, 0.5) is 11.4 Å². The topological polar surface area (TPSA) is 158 Å². The third-order valence-electron chi connectivity index (χ3n) is 13.9. The summed E-state index contributed by atoms with van der Waals surface area (Å²) < 4.78 is 3.53. The van der Waals surface area contributed by atoms with Crippen molar-refractivity contribution >= 4 is 55.0 Å². The molecule has 308 valence electrons. The zero-order valence-electron chi connectivity index (χ0n) is 35.0. The molecule has 2 saturated carbocycles. The predicted molar refractivity (Wildman–Crippen MR) is 238 cm³/mol. The molecular formula is C47H48N12O2. The van der Waals surface area contributed by atoms with Crippen molar-refractivity contribution in [3.63, 3.8) is 0 Å². The molecule has 0 bridgehead atoms. The second-order valence-electron chi connectivity index (χ2n) is 18.4. The first-order valence-electron chi connectivity index (χ1n) is 21.3. The molecule has 4 N–H and O–H groups in total. The Morgan fingerprint density at radius 2 is 1.15 bits per heavy atom. The number of benzene rings is 4. The number of aryl methyl sites for hydroxylation is 5. The van der Waals surface area contributed by atoms with Crippen LogP contribution >= 0.6 is 0 Å². The Morgan fingerprint density at radius 3 is 1.72 bits per heavy atom. The van der Waals surface area contributed by atoms with Gasteiger partial charge in [0.1, 0.15) is 11.5 Å². The van der Waals surface area contributed by atoms with E-state index in [0.29, 0.717) is 22.8 Å². The Kier molecular flexibility index (Phi) is 7.66. The van der Waals surface area contributed by atoms with Crippen molar-refractivity contribution in [2.75, 3.05) is 36.0 Å². The average molecular weight is 813 g/mol. The van der Waals surface area contributed by atoms with Gasteiger partial charge in [-0.3, -0.25) is 9.36 Å². The molecule has 0 radical (unpaired) electrons. The highest BCUT2D eigenvalue weighted by Crippen LogP contribution is 2.45. The van der Waals surface area contributed by atoms with Crippen LogP contribution in [0.25, 0.3) is 66.4 Å².